The highest BCUT2D eigenvalue weighted by molar-refractivity contribution is 6.31. The number of nitrogens with one attached hydrogen (secondary N) is 1. The summed E-state index contributed by atoms with van der Waals surface area (Å²) in [6, 6.07) is 7.94. The number of rotatable bonds is 2. The molecule has 0 saturated carbocycles. The number of hydrogen-bond acceptors (Lipinski definition) is 4. The van der Waals surface area contributed by atoms with Crippen molar-refractivity contribution < 1.29 is 13.2 Å². The van der Waals surface area contributed by atoms with Crippen LogP contribution in [0, 0.1) is 6.92 Å². The zero-order valence-corrected chi connectivity index (χ0v) is 16.0. The van der Waals surface area contributed by atoms with E-state index in [-0.39, 0.29) is 11.1 Å². The maximum Gasteiger partial charge on any atom is 0.417 e. The molecule has 0 amide bonds. The Kier molecular flexibility index (Phi) is 4.50. The molecule has 4 nitrogen and oxygen atoms in total. The van der Waals surface area contributed by atoms with Gasteiger partial charge in [-0.1, -0.05) is 11.6 Å². The number of benzene rings is 1. The topological polar surface area (TPSA) is 31.4 Å². The number of allylic oxidation sites excluding steroid dienone is 1. The normalized spacial score (nSPS) is 19.1. The number of pyridine rings is 1. The van der Waals surface area contributed by atoms with Gasteiger partial charge in [0.15, 0.2) is 0 Å². The molecule has 2 aliphatic rings. The van der Waals surface area contributed by atoms with Crippen molar-refractivity contribution in [1.29, 1.82) is 0 Å². The molecule has 8 heteroatoms. The second kappa shape index (κ2) is 6.74. The fourth-order valence-corrected chi connectivity index (χ4v) is 3.73. The van der Waals surface area contributed by atoms with Gasteiger partial charge >= 0.3 is 6.18 Å². The van der Waals surface area contributed by atoms with Gasteiger partial charge in [-0.2, -0.15) is 13.2 Å². The number of aromatic nitrogens is 1. The third kappa shape index (κ3) is 3.30. The lowest BCUT2D eigenvalue weighted by Gasteiger charge is -2.38. The molecule has 28 heavy (non-hydrogen) atoms. The van der Waals surface area contributed by atoms with Crippen LogP contribution in [0.2, 0.25) is 5.02 Å². The van der Waals surface area contributed by atoms with Gasteiger partial charge in [-0.05, 0) is 49.7 Å². The van der Waals surface area contributed by atoms with Gasteiger partial charge in [0.05, 0.1) is 22.3 Å². The van der Waals surface area contributed by atoms with Gasteiger partial charge < -0.3 is 10.3 Å². The van der Waals surface area contributed by atoms with Gasteiger partial charge in [0.25, 0.3) is 0 Å². The quantitative estimate of drug-likeness (QED) is 0.762. The maximum atomic E-state index is 13.3. The molecule has 0 spiro atoms. The smallest absolute Gasteiger partial charge is 0.344 e. The summed E-state index contributed by atoms with van der Waals surface area (Å²) >= 11 is 5.77. The molecular formula is C20H18ClF3N4. The molecule has 4 rings (SSSR count). The Hall–Kier alpha value is -2.67. The molecule has 3 heterocycles. The van der Waals surface area contributed by atoms with Crippen LogP contribution in [0.3, 0.4) is 0 Å². The summed E-state index contributed by atoms with van der Waals surface area (Å²) in [7, 11) is 0. The number of hydrazine groups is 1. The molecule has 0 saturated heterocycles. The van der Waals surface area contributed by atoms with Crippen molar-refractivity contribution in [3.05, 3.63) is 76.5 Å². The van der Waals surface area contributed by atoms with Gasteiger partial charge in [-0.15, -0.1) is 0 Å². The first-order valence-corrected chi connectivity index (χ1v) is 9.16. The zero-order valence-electron chi connectivity index (χ0n) is 15.3. The Morgan fingerprint density at radius 3 is 2.71 bits per heavy atom. The number of hydrogen-bond donors (Lipinski definition) is 1. The van der Waals surface area contributed by atoms with Gasteiger partial charge in [0.1, 0.15) is 0 Å². The second-order valence-electron chi connectivity index (χ2n) is 6.92. The largest absolute Gasteiger partial charge is 0.417 e. The highest BCUT2D eigenvalue weighted by Crippen LogP contribution is 2.39. The van der Waals surface area contributed by atoms with Gasteiger partial charge in [-0.25, -0.2) is 0 Å². The molecule has 146 valence electrons. The molecule has 0 unspecified atom stereocenters. The van der Waals surface area contributed by atoms with Crippen LogP contribution >= 0.6 is 11.6 Å². The van der Waals surface area contributed by atoms with E-state index in [1.807, 2.05) is 48.3 Å². The minimum Gasteiger partial charge on any atom is -0.344 e. The summed E-state index contributed by atoms with van der Waals surface area (Å²) in [6.07, 6.45) is 1.02. The Bertz CT molecular complexity index is 984. The van der Waals surface area contributed by atoms with E-state index < -0.39 is 11.7 Å². The Balaban J connectivity index is 1.74. The van der Waals surface area contributed by atoms with Crippen LogP contribution in [0.1, 0.15) is 23.7 Å². The molecule has 0 fully saturated rings. The molecule has 0 aliphatic carbocycles. The standard InChI is InChI=1S/C20H18ClF3N4/c1-12-7-14(5-6-25-12)16-9-26-28-13(2)10-27(11-19(16)28)15-3-4-18(21)17(8-15)20(22,23)24/h3-9,11,13,26H,10H2,1-2H3/t13-/m0/s1. The molecule has 1 N–H and O–H groups in total. The first-order valence-electron chi connectivity index (χ1n) is 8.78. The maximum absolute atomic E-state index is 13.3. The van der Waals surface area contributed by atoms with Gasteiger partial charge in [0, 0.05) is 42.1 Å². The van der Waals surface area contributed by atoms with Crippen molar-refractivity contribution in [1.82, 2.24) is 15.4 Å². The van der Waals surface area contributed by atoms with Crippen molar-refractivity contribution in [2.75, 3.05) is 11.4 Å². The molecule has 1 atom stereocenters. The molecule has 1 aromatic carbocycles. The summed E-state index contributed by atoms with van der Waals surface area (Å²) in [4.78, 5) is 6.05. The summed E-state index contributed by atoms with van der Waals surface area (Å²) in [6.45, 7) is 4.47. The Labute approximate surface area is 165 Å². The third-order valence-corrected chi connectivity index (χ3v) is 5.19. The van der Waals surface area contributed by atoms with E-state index in [9.17, 15) is 13.2 Å². The van der Waals surface area contributed by atoms with Crippen LogP contribution in [0.25, 0.3) is 5.57 Å². The monoisotopic (exact) mass is 406 g/mol. The van der Waals surface area contributed by atoms with E-state index in [0.29, 0.717) is 12.2 Å². The number of halogens is 4. The summed E-state index contributed by atoms with van der Waals surface area (Å²) in [5.74, 6) is 0. The van der Waals surface area contributed by atoms with Gasteiger partial charge in [-0.3, -0.25) is 9.99 Å². The predicted molar refractivity (Wildman–Crippen MR) is 103 cm³/mol. The first kappa shape index (κ1) is 18.7. The van der Waals surface area contributed by atoms with Crippen molar-refractivity contribution in [2.24, 2.45) is 0 Å². The van der Waals surface area contributed by atoms with E-state index in [1.54, 1.807) is 12.3 Å². The van der Waals surface area contributed by atoms with Crippen LogP contribution in [-0.4, -0.2) is 22.6 Å². The second-order valence-corrected chi connectivity index (χ2v) is 7.33. The Morgan fingerprint density at radius 2 is 2.00 bits per heavy atom. The molecule has 2 aromatic rings. The predicted octanol–water partition coefficient (Wildman–Crippen LogP) is 4.97. The average molecular weight is 407 g/mol. The van der Waals surface area contributed by atoms with Crippen molar-refractivity contribution >= 4 is 22.9 Å². The molecule has 2 aliphatic heterocycles. The Morgan fingerprint density at radius 1 is 1.21 bits per heavy atom. The van der Waals surface area contributed by atoms with E-state index in [4.69, 9.17) is 11.6 Å². The number of nitrogens with zero attached hydrogens (tertiary/aromatic N) is 3. The summed E-state index contributed by atoms with van der Waals surface area (Å²) in [5, 5.41) is 1.72. The first-order chi connectivity index (χ1) is 13.2. The minimum absolute atomic E-state index is 0.0432. The van der Waals surface area contributed by atoms with E-state index in [1.165, 1.54) is 6.07 Å². The van der Waals surface area contributed by atoms with Crippen LogP contribution in [0.4, 0.5) is 18.9 Å². The molecular weight excluding hydrogens is 389 g/mol. The molecule has 0 radical (unpaired) electrons. The van der Waals surface area contributed by atoms with Crippen LogP contribution in [0.5, 0.6) is 0 Å². The summed E-state index contributed by atoms with van der Waals surface area (Å²) < 4.78 is 39.8. The van der Waals surface area contributed by atoms with Gasteiger partial charge in [0.2, 0.25) is 0 Å². The van der Waals surface area contributed by atoms with Crippen molar-refractivity contribution in [3.63, 3.8) is 0 Å². The zero-order chi connectivity index (χ0) is 20.1. The third-order valence-electron chi connectivity index (χ3n) is 4.86. The van der Waals surface area contributed by atoms with E-state index >= 15 is 0 Å². The highest BCUT2D eigenvalue weighted by Gasteiger charge is 2.35. The summed E-state index contributed by atoms with van der Waals surface area (Å²) in [5.41, 5.74) is 6.62. The number of alkyl halides is 3. The lowest BCUT2D eigenvalue weighted by molar-refractivity contribution is -0.137. The van der Waals surface area contributed by atoms with Crippen molar-refractivity contribution in [3.8, 4) is 0 Å². The fraction of sp³-hybridized carbons (Fsp3) is 0.250. The van der Waals surface area contributed by atoms with Crippen LogP contribution in [0.15, 0.2) is 54.6 Å². The number of aryl methyl sites for hydroxylation is 1. The fourth-order valence-electron chi connectivity index (χ4n) is 3.50. The van der Waals surface area contributed by atoms with E-state index in [0.717, 1.165) is 28.6 Å². The van der Waals surface area contributed by atoms with Crippen LogP contribution in [-0.2, 0) is 6.18 Å². The van der Waals surface area contributed by atoms with Crippen LogP contribution < -0.4 is 10.3 Å². The number of anilines is 1. The molecule has 0 bridgehead atoms. The molecule has 1 aromatic heterocycles. The highest BCUT2D eigenvalue weighted by atomic mass is 35.5. The lowest BCUT2D eigenvalue weighted by Crippen LogP contribution is -2.47. The number of fused-ring (bicyclic) bond motifs is 1. The minimum atomic E-state index is -4.50. The SMILES string of the molecule is Cc1cc(C2=CNN3C2=CN(c2ccc(Cl)c(C(F)(F)F)c2)C[C@@H]3C)ccn1. The van der Waals surface area contributed by atoms with E-state index in [2.05, 4.69) is 10.4 Å². The average Bonchev–Trinajstić information content (AvgIpc) is 3.05. The lowest BCUT2D eigenvalue weighted by atomic mass is 10.0. The van der Waals surface area contributed by atoms with Crippen molar-refractivity contribution in [2.45, 2.75) is 26.1 Å².